The van der Waals surface area contributed by atoms with Gasteiger partial charge in [0, 0.05) is 12.6 Å². The number of hydrogen-bond donors (Lipinski definition) is 1. The smallest absolute Gasteiger partial charge is 0.0190 e. The molecule has 2 N–H and O–H groups in total. The highest BCUT2D eigenvalue weighted by Gasteiger charge is 2.12. The van der Waals surface area contributed by atoms with Gasteiger partial charge in [0.15, 0.2) is 0 Å². The van der Waals surface area contributed by atoms with Gasteiger partial charge in [-0.05, 0) is 32.9 Å². The zero-order valence-electron chi connectivity index (χ0n) is 8.26. The second-order valence-electron chi connectivity index (χ2n) is 3.89. The summed E-state index contributed by atoms with van der Waals surface area (Å²) in [5.74, 6) is 0. The van der Waals surface area contributed by atoms with E-state index in [1.807, 2.05) is 0 Å². The molecule has 2 nitrogen and oxygen atoms in total. The third kappa shape index (κ3) is 3.11. The average molecular weight is 170 g/mol. The summed E-state index contributed by atoms with van der Waals surface area (Å²) in [6, 6.07) is 0.586. The van der Waals surface area contributed by atoms with Crippen LogP contribution >= 0.6 is 0 Å². The van der Waals surface area contributed by atoms with Crippen LogP contribution in [0.4, 0.5) is 0 Å². The first kappa shape index (κ1) is 10.0. The van der Waals surface area contributed by atoms with Crippen LogP contribution in [0.3, 0.4) is 0 Å². The molecule has 0 aliphatic carbocycles. The molecule has 1 heterocycles. The average Bonchev–Trinajstić information content (AvgIpc) is 2.02. The van der Waals surface area contributed by atoms with E-state index in [0.717, 1.165) is 6.54 Å². The third-order valence-electron chi connectivity index (χ3n) is 2.86. The fourth-order valence-corrected chi connectivity index (χ4v) is 1.86. The van der Waals surface area contributed by atoms with Gasteiger partial charge in [-0.25, -0.2) is 0 Å². The van der Waals surface area contributed by atoms with Gasteiger partial charge in [-0.15, -0.1) is 0 Å². The molecule has 1 rings (SSSR count). The fourth-order valence-electron chi connectivity index (χ4n) is 1.86. The molecule has 0 spiro atoms. The van der Waals surface area contributed by atoms with Crippen LogP contribution in [0.5, 0.6) is 0 Å². The summed E-state index contributed by atoms with van der Waals surface area (Å²) in [6.45, 7) is 5.57. The first-order chi connectivity index (χ1) is 5.84. The number of rotatable bonds is 2. The predicted molar refractivity (Wildman–Crippen MR) is 53.2 cm³/mol. The molecule has 0 amide bonds. The summed E-state index contributed by atoms with van der Waals surface area (Å²) in [4.78, 5) is 2.54. The Bertz CT molecular complexity index is 106. The van der Waals surface area contributed by atoms with Gasteiger partial charge in [-0.2, -0.15) is 0 Å². The van der Waals surface area contributed by atoms with Gasteiger partial charge in [0.25, 0.3) is 0 Å². The van der Waals surface area contributed by atoms with E-state index in [1.54, 1.807) is 0 Å². The molecule has 1 aliphatic rings. The lowest BCUT2D eigenvalue weighted by atomic mass is 10.1. The molecule has 12 heavy (non-hydrogen) atoms. The van der Waals surface area contributed by atoms with Crippen molar-refractivity contribution in [1.82, 2.24) is 4.90 Å². The summed E-state index contributed by atoms with van der Waals surface area (Å²) in [5.41, 5.74) is 5.65. The van der Waals surface area contributed by atoms with E-state index >= 15 is 0 Å². The molecular weight excluding hydrogens is 148 g/mol. The number of nitrogens with zero attached hydrogens (tertiary/aromatic N) is 1. The molecule has 0 aromatic carbocycles. The highest BCUT2D eigenvalue weighted by atomic mass is 15.2. The topological polar surface area (TPSA) is 29.3 Å². The molecular formula is C10H22N2. The summed E-state index contributed by atoms with van der Waals surface area (Å²) in [5, 5.41) is 0. The number of nitrogens with two attached hydrogens (primary N) is 1. The van der Waals surface area contributed by atoms with E-state index in [4.69, 9.17) is 5.73 Å². The third-order valence-corrected chi connectivity index (χ3v) is 2.86. The van der Waals surface area contributed by atoms with Crippen LogP contribution in [0.2, 0.25) is 0 Å². The fraction of sp³-hybridized carbons (Fsp3) is 1.00. The molecule has 1 fully saturated rings. The van der Waals surface area contributed by atoms with Gasteiger partial charge >= 0.3 is 0 Å². The maximum absolute atomic E-state index is 5.65. The summed E-state index contributed by atoms with van der Waals surface area (Å²) in [6.07, 6.45) is 6.99. The van der Waals surface area contributed by atoms with Crippen LogP contribution < -0.4 is 5.73 Å². The van der Waals surface area contributed by atoms with Crippen LogP contribution in [-0.2, 0) is 0 Å². The molecule has 1 saturated heterocycles. The highest BCUT2D eigenvalue weighted by Crippen LogP contribution is 2.12. The van der Waals surface area contributed by atoms with Gasteiger partial charge < -0.3 is 5.73 Å². The van der Waals surface area contributed by atoms with Crippen molar-refractivity contribution in [2.24, 2.45) is 5.73 Å². The van der Waals surface area contributed by atoms with Crippen molar-refractivity contribution in [3.63, 3.8) is 0 Å². The Morgan fingerprint density at radius 1 is 1.08 bits per heavy atom. The van der Waals surface area contributed by atoms with Gasteiger partial charge in [0.2, 0.25) is 0 Å². The zero-order valence-corrected chi connectivity index (χ0v) is 8.26. The van der Waals surface area contributed by atoms with Crippen molar-refractivity contribution in [2.75, 3.05) is 19.6 Å². The minimum absolute atomic E-state index is 0.586. The largest absolute Gasteiger partial charge is 0.329 e. The van der Waals surface area contributed by atoms with Gasteiger partial charge in [-0.1, -0.05) is 19.3 Å². The Labute approximate surface area is 76.1 Å². The molecule has 1 unspecified atom stereocenters. The highest BCUT2D eigenvalue weighted by molar-refractivity contribution is 4.69. The van der Waals surface area contributed by atoms with Crippen LogP contribution in [0.1, 0.15) is 39.0 Å². The molecule has 1 aliphatic heterocycles. The van der Waals surface area contributed by atoms with Gasteiger partial charge in [0.1, 0.15) is 0 Å². The minimum Gasteiger partial charge on any atom is -0.329 e. The van der Waals surface area contributed by atoms with Gasteiger partial charge in [0.05, 0.1) is 0 Å². The van der Waals surface area contributed by atoms with Crippen molar-refractivity contribution in [3.8, 4) is 0 Å². The summed E-state index contributed by atoms with van der Waals surface area (Å²) < 4.78 is 0. The van der Waals surface area contributed by atoms with E-state index in [1.165, 1.54) is 45.2 Å². The Morgan fingerprint density at radius 2 is 1.58 bits per heavy atom. The monoisotopic (exact) mass is 170 g/mol. The Balaban J connectivity index is 2.29. The summed E-state index contributed by atoms with van der Waals surface area (Å²) in [7, 11) is 0. The second kappa shape index (κ2) is 5.55. The lowest BCUT2D eigenvalue weighted by molar-refractivity contribution is 0.194. The van der Waals surface area contributed by atoms with E-state index in [-0.39, 0.29) is 0 Å². The Hall–Kier alpha value is -0.0800. The molecule has 0 bridgehead atoms. The molecule has 0 aromatic rings. The van der Waals surface area contributed by atoms with E-state index < -0.39 is 0 Å². The van der Waals surface area contributed by atoms with E-state index in [0.29, 0.717) is 6.04 Å². The number of likely N-dealkylation sites (tertiary alicyclic amines) is 1. The first-order valence-electron chi connectivity index (χ1n) is 5.28. The van der Waals surface area contributed by atoms with E-state index in [9.17, 15) is 0 Å². The standard InChI is InChI=1S/C10H22N2/c1-10(9-11)12-7-5-3-2-4-6-8-12/h10H,2-9,11H2,1H3. The molecule has 1 atom stereocenters. The molecule has 2 heteroatoms. The SMILES string of the molecule is CC(CN)N1CCCCCCC1. The van der Waals surface area contributed by atoms with Gasteiger partial charge in [-0.3, -0.25) is 4.90 Å². The summed E-state index contributed by atoms with van der Waals surface area (Å²) >= 11 is 0. The normalized spacial score (nSPS) is 24.5. The maximum Gasteiger partial charge on any atom is 0.0190 e. The van der Waals surface area contributed by atoms with Crippen LogP contribution in [0.25, 0.3) is 0 Å². The lowest BCUT2D eigenvalue weighted by Gasteiger charge is -2.29. The molecule has 0 aromatic heterocycles. The predicted octanol–water partition coefficient (Wildman–Crippen LogP) is 1.60. The van der Waals surface area contributed by atoms with E-state index in [2.05, 4.69) is 11.8 Å². The Morgan fingerprint density at radius 3 is 2.08 bits per heavy atom. The minimum atomic E-state index is 0.586. The first-order valence-corrected chi connectivity index (χ1v) is 5.28. The van der Waals surface area contributed by atoms with Crippen molar-refractivity contribution < 1.29 is 0 Å². The van der Waals surface area contributed by atoms with Crippen molar-refractivity contribution in [2.45, 2.75) is 45.1 Å². The van der Waals surface area contributed by atoms with Crippen molar-refractivity contribution >= 4 is 0 Å². The number of hydrogen-bond acceptors (Lipinski definition) is 2. The van der Waals surface area contributed by atoms with Crippen LogP contribution in [-0.4, -0.2) is 30.6 Å². The lowest BCUT2D eigenvalue weighted by Crippen LogP contribution is -2.40. The Kier molecular flexibility index (Phi) is 4.62. The van der Waals surface area contributed by atoms with Crippen molar-refractivity contribution in [3.05, 3.63) is 0 Å². The quantitative estimate of drug-likeness (QED) is 0.682. The zero-order chi connectivity index (χ0) is 8.81. The molecule has 0 radical (unpaired) electrons. The maximum atomic E-state index is 5.65. The van der Waals surface area contributed by atoms with Crippen molar-refractivity contribution in [1.29, 1.82) is 0 Å². The van der Waals surface area contributed by atoms with Crippen LogP contribution in [0, 0.1) is 0 Å². The molecule has 0 saturated carbocycles. The van der Waals surface area contributed by atoms with Crippen LogP contribution in [0.15, 0.2) is 0 Å². The second-order valence-corrected chi connectivity index (χ2v) is 3.89. The molecule has 72 valence electrons.